The van der Waals surface area contributed by atoms with Gasteiger partial charge in [-0.05, 0) is 36.6 Å². The Morgan fingerprint density at radius 1 is 1.12 bits per heavy atom. The molecule has 168 valence electrons. The number of likely N-dealkylation sites (N-methyl/N-ethyl adjacent to an activating group) is 1. The molecule has 0 unspecified atom stereocenters. The lowest BCUT2D eigenvalue weighted by Gasteiger charge is -2.18. The van der Waals surface area contributed by atoms with Crippen LogP contribution < -0.4 is 14.8 Å². The van der Waals surface area contributed by atoms with Gasteiger partial charge in [0.2, 0.25) is 0 Å². The molecule has 1 N–H and O–H groups in total. The van der Waals surface area contributed by atoms with E-state index < -0.39 is 12.1 Å². The van der Waals surface area contributed by atoms with E-state index in [1.807, 2.05) is 48.1 Å². The minimum atomic E-state index is -0.516. The maximum absolute atomic E-state index is 12.9. The van der Waals surface area contributed by atoms with Crippen LogP contribution in [0.2, 0.25) is 0 Å². The zero-order chi connectivity index (χ0) is 22.9. The number of hydrogen-bond acceptors (Lipinski definition) is 6. The Kier molecular flexibility index (Phi) is 7.85. The van der Waals surface area contributed by atoms with Gasteiger partial charge < -0.3 is 24.1 Å². The molecule has 0 aliphatic heterocycles. The predicted molar refractivity (Wildman–Crippen MR) is 119 cm³/mol. The summed E-state index contributed by atoms with van der Waals surface area (Å²) in [6, 6.07) is 14.7. The van der Waals surface area contributed by atoms with Gasteiger partial charge in [0.1, 0.15) is 5.82 Å². The van der Waals surface area contributed by atoms with E-state index in [0.717, 1.165) is 12.0 Å². The number of amides is 1. The highest BCUT2D eigenvalue weighted by molar-refractivity contribution is 5.90. The van der Waals surface area contributed by atoms with Crippen molar-refractivity contribution in [2.45, 2.75) is 18.9 Å². The van der Waals surface area contributed by atoms with E-state index in [0.29, 0.717) is 29.3 Å². The molecule has 2 aromatic carbocycles. The van der Waals surface area contributed by atoms with E-state index >= 15 is 0 Å². The number of imidazole rings is 1. The van der Waals surface area contributed by atoms with Crippen LogP contribution in [0.25, 0.3) is 0 Å². The minimum Gasteiger partial charge on any atom is -0.493 e. The van der Waals surface area contributed by atoms with E-state index in [2.05, 4.69) is 10.3 Å². The zero-order valence-corrected chi connectivity index (χ0v) is 18.4. The van der Waals surface area contributed by atoms with Crippen LogP contribution in [0.15, 0.2) is 60.9 Å². The molecule has 0 spiro atoms. The molecule has 0 fully saturated rings. The van der Waals surface area contributed by atoms with Gasteiger partial charge in [0, 0.05) is 26.5 Å². The van der Waals surface area contributed by atoms with Crippen LogP contribution in [0, 0.1) is 0 Å². The molecule has 3 rings (SSSR count). The number of aryl methyl sites for hydroxylation is 2. The van der Waals surface area contributed by atoms with Crippen molar-refractivity contribution in [2.24, 2.45) is 7.05 Å². The van der Waals surface area contributed by atoms with Crippen LogP contribution in [0.3, 0.4) is 0 Å². The number of aromatic nitrogens is 2. The lowest BCUT2D eigenvalue weighted by atomic mass is 10.1. The molecule has 0 radical (unpaired) electrons. The van der Waals surface area contributed by atoms with Gasteiger partial charge >= 0.3 is 5.97 Å². The molecule has 3 aromatic rings. The van der Waals surface area contributed by atoms with Crippen molar-refractivity contribution in [3.05, 3.63) is 77.9 Å². The van der Waals surface area contributed by atoms with Crippen LogP contribution in [-0.4, -0.2) is 42.2 Å². The van der Waals surface area contributed by atoms with Crippen molar-refractivity contribution in [1.29, 1.82) is 0 Å². The Morgan fingerprint density at radius 2 is 1.91 bits per heavy atom. The third-order valence-electron chi connectivity index (χ3n) is 4.97. The number of carbonyl (C=O) groups excluding carboxylic acids is 2. The minimum absolute atomic E-state index is 0.155. The number of benzene rings is 2. The fraction of sp³-hybridized carbons (Fsp3) is 0.292. The van der Waals surface area contributed by atoms with Crippen molar-refractivity contribution >= 4 is 11.9 Å². The maximum atomic E-state index is 12.9. The molecule has 0 aliphatic rings. The predicted octanol–water partition coefficient (Wildman–Crippen LogP) is 3.08. The van der Waals surface area contributed by atoms with Crippen LogP contribution >= 0.6 is 0 Å². The summed E-state index contributed by atoms with van der Waals surface area (Å²) in [5.74, 6) is 0.597. The summed E-state index contributed by atoms with van der Waals surface area (Å²) in [6.07, 6.45) is 4.31. The topological polar surface area (TPSA) is 91.7 Å². The maximum Gasteiger partial charge on any atom is 0.338 e. The normalized spacial score (nSPS) is 11.5. The van der Waals surface area contributed by atoms with Crippen molar-refractivity contribution in [3.8, 4) is 11.5 Å². The van der Waals surface area contributed by atoms with Gasteiger partial charge in [-0.25, -0.2) is 9.78 Å². The van der Waals surface area contributed by atoms with Crippen LogP contribution in [0.1, 0.15) is 34.3 Å². The lowest BCUT2D eigenvalue weighted by Crippen LogP contribution is -2.25. The van der Waals surface area contributed by atoms with Crippen LogP contribution in [0.5, 0.6) is 11.5 Å². The molecule has 0 bridgehead atoms. The zero-order valence-electron chi connectivity index (χ0n) is 18.4. The first-order valence-electron chi connectivity index (χ1n) is 10.3. The Bertz CT molecular complexity index is 1050. The molecule has 1 amide bonds. The summed E-state index contributed by atoms with van der Waals surface area (Å²) in [5, 5.41) is 2.48. The number of carbonyl (C=O) groups is 2. The van der Waals surface area contributed by atoms with Gasteiger partial charge in [-0.15, -0.1) is 0 Å². The summed E-state index contributed by atoms with van der Waals surface area (Å²) in [6.45, 7) is -0.155. The third kappa shape index (κ3) is 5.87. The van der Waals surface area contributed by atoms with E-state index in [1.165, 1.54) is 20.2 Å². The number of nitrogens with zero attached hydrogens (tertiary/aromatic N) is 2. The summed E-state index contributed by atoms with van der Waals surface area (Å²) >= 11 is 0. The molecule has 0 saturated carbocycles. The molecular formula is C24H27N3O5. The smallest absolute Gasteiger partial charge is 0.338 e. The summed E-state index contributed by atoms with van der Waals surface area (Å²) in [5.41, 5.74) is 1.47. The van der Waals surface area contributed by atoms with E-state index in [9.17, 15) is 9.59 Å². The average molecular weight is 437 g/mol. The van der Waals surface area contributed by atoms with Crippen molar-refractivity contribution < 1.29 is 23.8 Å². The monoisotopic (exact) mass is 437 g/mol. The fourth-order valence-corrected chi connectivity index (χ4v) is 3.20. The van der Waals surface area contributed by atoms with Gasteiger partial charge in [0.15, 0.2) is 24.2 Å². The summed E-state index contributed by atoms with van der Waals surface area (Å²) in [7, 11) is 4.86. The number of ether oxygens (including phenoxy) is 3. The molecule has 1 heterocycles. The SMILES string of the molecule is CNC(=O)COc1ccc(C(=O)O[C@H](CCc2ccccc2)c2nccn2C)cc1OC. The molecule has 0 aliphatic carbocycles. The Hall–Kier alpha value is -3.81. The Balaban J connectivity index is 1.75. The quantitative estimate of drug-likeness (QED) is 0.490. The Morgan fingerprint density at radius 3 is 2.56 bits per heavy atom. The number of nitrogens with one attached hydrogen (secondary N) is 1. The standard InChI is InChI=1S/C24H27N3O5/c1-25-22(28)16-31-19-12-10-18(15-21(19)30-3)24(29)32-20(23-26-13-14-27(23)2)11-9-17-7-5-4-6-8-17/h4-8,10,12-15,20H,9,11,16H2,1-3H3,(H,25,28)/t20-/m1/s1. The number of esters is 1. The van der Waals surface area contributed by atoms with Gasteiger partial charge in [0.05, 0.1) is 12.7 Å². The molecule has 1 aromatic heterocycles. The highest BCUT2D eigenvalue weighted by atomic mass is 16.5. The molecule has 0 saturated heterocycles. The van der Waals surface area contributed by atoms with E-state index in [1.54, 1.807) is 18.3 Å². The first kappa shape index (κ1) is 22.9. The second-order valence-electron chi connectivity index (χ2n) is 7.14. The highest BCUT2D eigenvalue weighted by Gasteiger charge is 2.23. The first-order chi connectivity index (χ1) is 15.5. The number of rotatable bonds is 10. The molecule has 1 atom stereocenters. The second-order valence-corrected chi connectivity index (χ2v) is 7.14. The highest BCUT2D eigenvalue weighted by Crippen LogP contribution is 2.30. The molecule has 8 nitrogen and oxygen atoms in total. The fourth-order valence-electron chi connectivity index (χ4n) is 3.20. The summed E-state index contributed by atoms with van der Waals surface area (Å²) in [4.78, 5) is 28.7. The average Bonchev–Trinajstić information content (AvgIpc) is 3.26. The van der Waals surface area contributed by atoms with Crippen molar-refractivity contribution in [3.63, 3.8) is 0 Å². The first-order valence-corrected chi connectivity index (χ1v) is 10.3. The van der Waals surface area contributed by atoms with Gasteiger partial charge in [-0.2, -0.15) is 0 Å². The van der Waals surface area contributed by atoms with Crippen molar-refractivity contribution in [1.82, 2.24) is 14.9 Å². The number of hydrogen-bond donors (Lipinski definition) is 1. The van der Waals surface area contributed by atoms with Gasteiger partial charge in [0.25, 0.3) is 5.91 Å². The molecular weight excluding hydrogens is 410 g/mol. The third-order valence-corrected chi connectivity index (χ3v) is 4.97. The van der Waals surface area contributed by atoms with Crippen LogP contribution in [-0.2, 0) is 23.0 Å². The van der Waals surface area contributed by atoms with Crippen LogP contribution in [0.4, 0.5) is 0 Å². The van der Waals surface area contributed by atoms with Gasteiger partial charge in [-0.1, -0.05) is 30.3 Å². The summed E-state index contributed by atoms with van der Waals surface area (Å²) < 4.78 is 18.5. The van der Waals surface area contributed by atoms with E-state index in [-0.39, 0.29) is 12.5 Å². The number of methoxy groups -OCH3 is 1. The van der Waals surface area contributed by atoms with E-state index in [4.69, 9.17) is 14.2 Å². The lowest BCUT2D eigenvalue weighted by molar-refractivity contribution is -0.122. The van der Waals surface area contributed by atoms with Crippen molar-refractivity contribution in [2.75, 3.05) is 20.8 Å². The molecule has 8 heteroatoms. The largest absolute Gasteiger partial charge is 0.493 e. The Labute approximate surface area is 187 Å². The second kappa shape index (κ2) is 11.0. The van der Waals surface area contributed by atoms with Gasteiger partial charge in [-0.3, -0.25) is 4.79 Å². The molecule has 32 heavy (non-hydrogen) atoms.